The van der Waals surface area contributed by atoms with Gasteiger partial charge in [0.25, 0.3) is 11.7 Å². The molecule has 2 aromatic heterocycles. The van der Waals surface area contributed by atoms with Crippen molar-refractivity contribution in [2.24, 2.45) is 5.92 Å². The molecule has 0 unspecified atom stereocenters. The van der Waals surface area contributed by atoms with Crippen LogP contribution in [0.2, 0.25) is 0 Å². The highest BCUT2D eigenvalue weighted by Gasteiger charge is 2.30. The summed E-state index contributed by atoms with van der Waals surface area (Å²) >= 11 is 0. The maximum atomic E-state index is 12.4. The summed E-state index contributed by atoms with van der Waals surface area (Å²) in [6.45, 7) is 8.15. The summed E-state index contributed by atoms with van der Waals surface area (Å²) in [7, 11) is 0. The number of amides is 1. The standard InChI is InChI=1S/C18H24N4O3/c1-18(2,3)15-12-22(20-19-15)11-13-6-4-8-21(10-13)17(24)16(23)14-7-5-9-25-14/h5,7,9,12-13H,4,6,8,10-11H2,1-3H3/t13-/m0/s1. The van der Waals surface area contributed by atoms with Crippen molar-refractivity contribution in [3.05, 3.63) is 36.0 Å². The lowest BCUT2D eigenvalue weighted by atomic mass is 9.93. The first-order valence-electron chi connectivity index (χ1n) is 8.62. The van der Waals surface area contributed by atoms with E-state index >= 15 is 0 Å². The molecule has 0 radical (unpaired) electrons. The third kappa shape index (κ3) is 3.97. The van der Waals surface area contributed by atoms with E-state index in [4.69, 9.17) is 4.42 Å². The molecule has 1 amide bonds. The van der Waals surface area contributed by atoms with Crippen molar-refractivity contribution in [1.29, 1.82) is 0 Å². The van der Waals surface area contributed by atoms with Crippen LogP contribution in [0.25, 0.3) is 0 Å². The summed E-state index contributed by atoms with van der Waals surface area (Å²) < 4.78 is 6.89. The van der Waals surface area contributed by atoms with Crippen LogP contribution in [0.5, 0.6) is 0 Å². The fraction of sp³-hybridized carbons (Fsp3) is 0.556. The number of rotatable bonds is 4. The third-order valence-corrected chi connectivity index (χ3v) is 4.50. The molecule has 1 saturated heterocycles. The molecule has 1 atom stereocenters. The number of carbonyl (C=O) groups excluding carboxylic acids is 2. The number of carbonyl (C=O) groups is 2. The monoisotopic (exact) mass is 344 g/mol. The Balaban J connectivity index is 1.62. The van der Waals surface area contributed by atoms with Gasteiger partial charge in [-0.15, -0.1) is 5.10 Å². The van der Waals surface area contributed by atoms with Gasteiger partial charge in [0, 0.05) is 31.2 Å². The van der Waals surface area contributed by atoms with Crippen molar-refractivity contribution < 1.29 is 14.0 Å². The lowest BCUT2D eigenvalue weighted by molar-refractivity contribution is -0.128. The van der Waals surface area contributed by atoms with Gasteiger partial charge in [0.15, 0.2) is 5.76 Å². The van der Waals surface area contributed by atoms with E-state index in [1.165, 1.54) is 12.3 Å². The first kappa shape index (κ1) is 17.4. The zero-order chi connectivity index (χ0) is 18.0. The summed E-state index contributed by atoms with van der Waals surface area (Å²) in [4.78, 5) is 26.2. The van der Waals surface area contributed by atoms with Crippen LogP contribution in [-0.4, -0.2) is 44.7 Å². The average molecular weight is 344 g/mol. The van der Waals surface area contributed by atoms with E-state index < -0.39 is 11.7 Å². The van der Waals surface area contributed by atoms with Gasteiger partial charge < -0.3 is 9.32 Å². The first-order valence-corrected chi connectivity index (χ1v) is 8.62. The molecule has 1 aliphatic rings. The number of nitrogens with zero attached hydrogens (tertiary/aromatic N) is 4. The van der Waals surface area contributed by atoms with Gasteiger partial charge in [-0.3, -0.25) is 14.3 Å². The Morgan fingerprint density at radius 3 is 2.80 bits per heavy atom. The van der Waals surface area contributed by atoms with Crippen LogP contribution in [-0.2, 0) is 16.8 Å². The average Bonchev–Trinajstić information content (AvgIpc) is 3.25. The first-order chi connectivity index (χ1) is 11.8. The Hall–Kier alpha value is -2.44. The van der Waals surface area contributed by atoms with Gasteiger partial charge in [-0.05, 0) is 30.9 Å². The molecule has 25 heavy (non-hydrogen) atoms. The summed E-state index contributed by atoms with van der Waals surface area (Å²) in [5.41, 5.74) is 0.909. The highest BCUT2D eigenvalue weighted by molar-refractivity contribution is 6.41. The maximum absolute atomic E-state index is 12.4. The SMILES string of the molecule is CC(C)(C)c1cn(C[C@H]2CCCN(C(=O)C(=O)c3ccco3)C2)nn1. The zero-order valence-corrected chi connectivity index (χ0v) is 14.9. The largest absolute Gasteiger partial charge is 0.461 e. The second-order valence-corrected chi connectivity index (χ2v) is 7.64. The third-order valence-electron chi connectivity index (χ3n) is 4.50. The Labute approximate surface area is 147 Å². The van der Waals surface area contributed by atoms with E-state index in [1.54, 1.807) is 11.0 Å². The van der Waals surface area contributed by atoms with Crippen LogP contribution in [0, 0.1) is 5.92 Å². The molecule has 1 aliphatic heterocycles. The summed E-state index contributed by atoms with van der Waals surface area (Å²) in [5.74, 6) is -0.718. The zero-order valence-electron chi connectivity index (χ0n) is 14.9. The number of likely N-dealkylation sites (tertiary alicyclic amines) is 1. The molecule has 0 spiro atoms. The molecular formula is C18H24N4O3. The molecule has 1 fully saturated rings. The van der Waals surface area contributed by atoms with E-state index in [1.807, 2.05) is 10.9 Å². The smallest absolute Gasteiger partial charge is 0.298 e. The van der Waals surface area contributed by atoms with Crippen molar-refractivity contribution in [2.45, 2.75) is 45.6 Å². The van der Waals surface area contributed by atoms with Crippen LogP contribution in [0.1, 0.15) is 49.9 Å². The van der Waals surface area contributed by atoms with Gasteiger partial charge >= 0.3 is 0 Å². The predicted molar refractivity (Wildman–Crippen MR) is 91.1 cm³/mol. The van der Waals surface area contributed by atoms with Crippen LogP contribution in [0.4, 0.5) is 0 Å². The Bertz CT molecular complexity index is 743. The molecule has 0 N–H and O–H groups in total. The van der Waals surface area contributed by atoms with E-state index in [0.29, 0.717) is 19.6 Å². The van der Waals surface area contributed by atoms with Gasteiger partial charge in [-0.1, -0.05) is 26.0 Å². The summed E-state index contributed by atoms with van der Waals surface area (Å²) in [6.07, 6.45) is 5.25. The van der Waals surface area contributed by atoms with Crippen molar-refractivity contribution in [3.8, 4) is 0 Å². The Kier molecular flexibility index (Phi) is 4.74. The van der Waals surface area contributed by atoms with Gasteiger partial charge in [-0.25, -0.2) is 0 Å². The molecule has 0 bridgehead atoms. The highest BCUT2D eigenvalue weighted by Crippen LogP contribution is 2.22. The molecule has 7 nitrogen and oxygen atoms in total. The minimum Gasteiger partial charge on any atom is -0.461 e. The molecule has 0 aromatic carbocycles. The second-order valence-electron chi connectivity index (χ2n) is 7.64. The number of Topliss-reactive ketones (excluding diaryl/α,β-unsaturated/α-hetero) is 1. The van der Waals surface area contributed by atoms with E-state index in [-0.39, 0.29) is 17.1 Å². The molecule has 3 rings (SSSR count). The van der Waals surface area contributed by atoms with E-state index in [2.05, 4.69) is 31.1 Å². The van der Waals surface area contributed by atoms with Crippen LogP contribution in [0.15, 0.2) is 29.0 Å². The van der Waals surface area contributed by atoms with Gasteiger partial charge in [0.1, 0.15) is 0 Å². The molecule has 3 heterocycles. The molecule has 0 aliphatic carbocycles. The van der Waals surface area contributed by atoms with Gasteiger partial charge in [0.2, 0.25) is 0 Å². The fourth-order valence-corrected chi connectivity index (χ4v) is 3.05. The topological polar surface area (TPSA) is 81.2 Å². The number of aromatic nitrogens is 3. The number of hydrogen-bond acceptors (Lipinski definition) is 5. The van der Waals surface area contributed by atoms with Gasteiger partial charge in [0.05, 0.1) is 12.0 Å². The molecule has 7 heteroatoms. The second kappa shape index (κ2) is 6.82. The summed E-state index contributed by atoms with van der Waals surface area (Å²) in [5, 5.41) is 8.44. The number of hydrogen-bond donors (Lipinski definition) is 0. The lowest BCUT2D eigenvalue weighted by Gasteiger charge is -2.32. The van der Waals surface area contributed by atoms with Crippen LogP contribution in [0.3, 0.4) is 0 Å². The summed E-state index contributed by atoms with van der Waals surface area (Å²) in [6, 6.07) is 3.13. The Morgan fingerprint density at radius 1 is 1.36 bits per heavy atom. The highest BCUT2D eigenvalue weighted by atomic mass is 16.3. The molecular weight excluding hydrogens is 320 g/mol. The van der Waals surface area contributed by atoms with Crippen molar-refractivity contribution in [1.82, 2.24) is 19.9 Å². The number of furan rings is 1. The normalized spacial score (nSPS) is 18.4. The molecule has 0 saturated carbocycles. The minimum absolute atomic E-state index is 0.0394. The quantitative estimate of drug-likeness (QED) is 0.628. The lowest BCUT2D eigenvalue weighted by Crippen LogP contribution is -2.44. The molecule has 134 valence electrons. The molecule has 2 aromatic rings. The van der Waals surface area contributed by atoms with Crippen molar-refractivity contribution in [3.63, 3.8) is 0 Å². The van der Waals surface area contributed by atoms with Crippen molar-refractivity contribution in [2.75, 3.05) is 13.1 Å². The maximum Gasteiger partial charge on any atom is 0.298 e. The number of piperidine rings is 1. The number of ketones is 1. The minimum atomic E-state index is -0.582. The van der Waals surface area contributed by atoms with Crippen LogP contribution >= 0.6 is 0 Å². The van der Waals surface area contributed by atoms with E-state index in [0.717, 1.165) is 18.5 Å². The van der Waals surface area contributed by atoms with Crippen LogP contribution < -0.4 is 0 Å². The van der Waals surface area contributed by atoms with Gasteiger partial charge in [-0.2, -0.15) is 0 Å². The predicted octanol–water partition coefficient (Wildman–Crippen LogP) is 2.29. The fourth-order valence-electron chi connectivity index (χ4n) is 3.05. The Morgan fingerprint density at radius 2 is 2.16 bits per heavy atom. The van der Waals surface area contributed by atoms with E-state index in [9.17, 15) is 9.59 Å². The van der Waals surface area contributed by atoms with Crippen molar-refractivity contribution >= 4 is 11.7 Å².